The summed E-state index contributed by atoms with van der Waals surface area (Å²) in [4.78, 5) is 8.97. The maximum Gasteiger partial charge on any atom is 0.218 e. The number of aliphatic imine (C=N–C) groups is 1. The number of aromatic nitrogens is 2. The Kier molecular flexibility index (Phi) is 12.3. The summed E-state index contributed by atoms with van der Waals surface area (Å²) >= 11 is 0. The molecule has 29 heavy (non-hydrogen) atoms. The zero-order valence-corrected chi connectivity index (χ0v) is 20.2. The van der Waals surface area contributed by atoms with E-state index in [-0.39, 0.29) is 24.0 Å². The van der Waals surface area contributed by atoms with Gasteiger partial charge in [0, 0.05) is 30.3 Å². The van der Waals surface area contributed by atoms with E-state index in [1.54, 1.807) is 6.20 Å². The SMILES string of the molecule is CCCOc1ncccc1CN=C(NCC)NCc1cc(C(CC)CC)no1.I. The van der Waals surface area contributed by atoms with Gasteiger partial charge in [0.15, 0.2) is 11.7 Å². The number of rotatable bonds is 11. The van der Waals surface area contributed by atoms with Gasteiger partial charge in [0.1, 0.15) is 0 Å². The summed E-state index contributed by atoms with van der Waals surface area (Å²) in [6.07, 6.45) is 4.81. The Balaban J connectivity index is 0.00000420. The molecule has 0 amide bonds. The van der Waals surface area contributed by atoms with Crippen LogP contribution in [0.3, 0.4) is 0 Å². The van der Waals surface area contributed by atoms with Gasteiger partial charge in [-0.05, 0) is 32.3 Å². The largest absolute Gasteiger partial charge is 0.477 e. The standard InChI is InChI=1S/C21H33N5O2.HI/c1-5-12-27-20-17(10-9-11-23-20)14-24-21(22-8-4)25-15-18-13-19(26-28-18)16(6-2)7-3;/h9-11,13,16H,5-8,12,14-15H2,1-4H3,(H2,22,24,25);1H. The van der Waals surface area contributed by atoms with Crippen molar-refractivity contribution >= 4 is 29.9 Å². The summed E-state index contributed by atoms with van der Waals surface area (Å²) in [7, 11) is 0. The second kappa shape index (κ2) is 14.2. The average Bonchev–Trinajstić information content (AvgIpc) is 3.19. The highest BCUT2D eigenvalue weighted by Crippen LogP contribution is 2.22. The van der Waals surface area contributed by atoms with E-state index in [0.717, 1.165) is 42.8 Å². The molecule has 2 N–H and O–H groups in total. The van der Waals surface area contributed by atoms with Gasteiger partial charge in [-0.25, -0.2) is 9.98 Å². The third-order valence-corrected chi connectivity index (χ3v) is 4.46. The van der Waals surface area contributed by atoms with Crippen LogP contribution >= 0.6 is 24.0 Å². The van der Waals surface area contributed by atoms with E-state index in [1.807, 2.05) is 25.1 Å². The van der Waals surface area contributed by atoms with Crippen LogP contribution in [0.5, 0.6) is 5.88 Å². The smallest absolute Gasteiger partial charge is 0.218 e. The van der Waals surface area contributed by atoms with Crippen molar-refractivity contribution in [2.45, 2.75) is 66.0 Å². The highest BCUT2D eigenvalue weighted by Gasteiger charge is 2.13. The van der Waals surface area contributed by atoms with Crippen molar-refractivity contribution in [2.75, 3.05) is 13.2 Å². The van der Waals surface area contributed by atoms with E-state index in [1.165, 1.54) is 0 Å². The molecule has 8 heteroatoms. The third kappa shape index (κ3) is 8.20. The highest BCUT2D eigenvalue weighted by molar-refractivity contribution is 14.0. The Bertz CT molecular complexity index is 731. The van der Waals surface area contributed by atoms with E-state index in [2.05, 4.69) is 46.5 Å². The second-order valence-corrected chi connectivity index (χ2v) is 6.60. The molecule has 0 saturated carbocycles. The molecule has 0 saturated heterocycles. The minimum Gasteiger partial charge on any atom is -0.477 e. The summed E-state index contributed by atoms with van der Waals surface area (Å²) in [5.74, 6) is 2.62. The topological polar surface area (TPSA) is 84.6 Å². The van der Waals surface area contributed by atoms with Crippen LogP contribution in [0, 0.1) is 0 Å². The van der Waals surface area contributed by atoms with Gasteiger partial charge in [-0.3, -0.25) is 0 Å². The molecule has 0 aliphatic carbocycles. The van der Waals surface area contributed by atoms with Gasteiger partial charge in [0.25, 0.3) is 0 Å². The molecule has 0 radical (unpaired) electrons. The molecule has 0 atom stereocenters. The van der Waals surface area contributed by atoms with Crippen LogP contribution in [0.4, 0.5) is 0 Å². The number of halogens is 1. The molecular weight excluding hydrogens is 481 g/mol. The van der Waals surface area contributed by atoms with Crippen LogP contribution < -0.4 is 15.4 Å². The van der Waals surface area contributed by atoms with E-state index in [9.17, 15) is 0 Å². The lowest BCUT2D eigenvalue weighted by atomic mass is 9.99. The molecular formula is C21H34IN5O2. The molecule has 2 aromatic heterocycles. The molecule has 0 spiro atoms. The van der Waals surface area contributed by atoms with Crippen LogP contribution in [-0.2, 0) is 13.1 Å². The average molecular weight is 515 g/mol. The molecule has 7 nitrogen and oxygen atoms in total. The van der Waals surface area contributed by atoms with Gasteiger partial charge in [0.2, 0.25) is 5.88 Å². The first-order chi connectivity index (χ1) is 13.7. The van der Waals surface area contributed by atoms with E-state index >= 15 is 0 Å². The van der Waals surface area contributed by atoms with Crippen LogP contribution in [0.15, 0.2) is 33.9 Å². The summed E-state index contributed by atoms with van der Waals surface area (Å²) in [5.41, 5.74) is 1.99. The maximum absolute atomic E-state index is 5.71. The third-order valence-electron chi connectivity index (χ3n) is 4.46. The van der Waals surface area contributed by atoms with Crippen LogP contribution in [-0.4, -0.2) is 29.3 Å². The van der Waals surface area contributed by atoms with Crippen LogP contribution in [0.2, 0.25) is 0 Å². The van der Waals surface area contributed by atoms with Gasteiger partial charge in [-0.1, -0.05) is 32.0 Å². The molecule has 0 aliphatic heterocycles. The number of nitrogens with one attached hydrogen (secondary N) is 2. The van der Waals surface area contributed by atoms with Crippen LogP contribution in [0.1, 0.15) is 69.9 Å². The van der Waals surface area contributed by atoms with Crippen molar-refractivity contribution < 1.29 is 9.26 Å². The quantitative estimate of drug-likeness (QED) is 0.258. The number of nitrogens with zero attached hydrogens (tertiary/aromatic N) is 3. The van der Waals surface area contributed by atoms with Crippen molar-refractivity contribution in [3.63, 3.8) is 0 Å². The van der Waals surface area contributed by atoms with Crippen molar-refractivity contribution in [3.05, 3.63) is 41.4 Å². The molecule has 162 valence electrons. The molecule has 0 unspecified atom stereocenters. The number of ether oxygens (including phenoxy) is 1. The highest BCUT2D eigenvalue weighted by atomic mass is 127. The summed E-state index contributed by atoms with van der Waals surface area (Å²) in [5, 5.41) is 10.8. The minimum atomic E-state index is 0. The van der Waals surface area contributed by atoms with Crippen LogP contribution in [0.25, 0.3) is 0 Å². The van der Waals surface area contributed by atoms with Gasteiger partial charge in [-0.15, -0.1) is 24.0 Å². The van der Waals surface area contributed by atoms with E-state index in [4.69, 9.17) is 9.26 Å². The fourth-order valence-corrected chi connectivity index (χ4v) is 2.86. The second-order valence-electron chi connectivity index (χ2n) is 6.60. The first kappa shape index (κ1) is 25.2. The first-order valence-electron chi connectivity index (χ1n) is 10.3. The fraction of sp³-hybridized carbons (Fsp3) is 0.571. The maximum atomic E-state index is 5.71. The molecule has 2 heterocycles. The Morgan fingerprint density at radius 3 is 2.69 bits per heavy atom. The Hall–Kier alpha value is -1.84. The fourth-order valence-electron chi connectivity index (χ4n) is 2.86. The van der Waals surface area contributed by atoms with Gasteiger partial charge >= 0.3 is 0 Å². The predicted molar refractivity (Wildman–Crippen MR) is 127 cm³/mol. The van der Waals surface area contributed by atoms with Crippen molar-refractivity contribution in [3.8, 4) is 5.88 Å². The zero-order valence-electron chi connectivity index (χ0n) is 17.9. The lowest BCUT2D eigenvalue weighted by Gasteiger charge is -2.11. The zero-order chi connectivity index (χ0) is 20.2. The molecule has 0 fully saturated rings. The van der Waals surface area contributed by atoms with E-state index < -0.39 is 0 Å². The van der Waals surface area contributed by atoms with Gasteiger partial charge in [-0.2, -0.15) is 0 Å². The Labute approximate surface area is 191 Å². The monoisotopic (exact) mass is 515 g/mol. The van der Waals surface area contributed by atoms with Gasteiger partial charge < -0.3 is 19.9 Å². The molecule has 0 aliphatic rings. The lowest BCUT2D eigenvalue weighted by Crippen LogP contribution is -2.36. The lowest BCUT2D eigenvalue weighted by molar-refractivity contribution is 0.302. The number of guanidine groups is 1. The number of hydrogen-bond donors (Lipinski definition) is 2. The molecule has 2 aromatic rings. The van der Waals surface area contributed by atoms with Gasteiger partial charge in [0.05, 0.1) is 25.4 Å². The number of hydrogen-bond acceptors (Lipinski definition) is 5. The van der Waals surface area contributed by atoms with E-state index in [0.29, 0.717) is 37.5 Å². The summed E-state index contributed by atoms with van der Waals surface area (Å²) in [6.45, 7) is 10.9. The van der Waals surface area contributed by atoms with Crippen molar-refractivity contribution in [1.29, 1.82) is 0 Å². The number of pyridine rings is 1. The predicted octanol–water partition coefficient (Wildman–Crippen LogP) is 4.64. The van der Waals surface area contributed by atoms with Crippen molar-refractivity contribution in [2.24, 2.45) is 4.99 Å². The molecule has 2 rings (SSSR count). The normalized spacial score (nSPS) is 11.3. The molecule has 0 bridgehead atoms. The Morgan fingerprint density at radius 1 is 1.21 bits per heavy atom. The molecule has 0 aromatic carbocycles. The van der Waals surface area contributed by atoms with Crippen molar-refractivity contribution in [1.82, 2.24) is 20.8 Å². The minimum absolute atomic E-state index is 0. The first-order valence-corrected chi connectivity index (χ1v) is 10.3. The summed E-state index contributed by atoms with van der Waals surface area (Å²) in [6, 6.07) is 5.92. The Morgan fingerprint density at radius 2 is 2.00 bits per heavy atom. The summed E-state index contributed by atoms with van der Waals surface area (Å²) < 4.78 is 11.2.